The highest BCUT2D eigenvalue weighted by Gasteiger charge is 2.34. The van der Waals surface area contributed by atoms with Crippen molar-refractivity contribution in [2.24, 2.45) is 0 Å². The van der Waals surface area contributed by atoms with Gasteiger partial charge in [-0.25, -0.2) is 0 Å². The Kier molecular flexibility index (Phi) is 6.84. The molecule has 7 nitrogen and oxygen atoms in total. The molecule has 3 rings (SSSR count). The summed E-state index contributed by atoms with van der Waals surface area (Å²) in [5, 5.41) is 0. The van der Waals surface area contributed by atoms with Gasteiger partial charge in [-0.15, -0.1) is 0 Å². The molecule has 0 aliphatic carbocycles. The number of amides is 2. The fourth-order valence-electron chi connectivity index (χ4n) is 3.05. The summed E-state index contributed by atoms with van der Waals surface area (Å²) in [6.45, 7) is 0.728. The summed E-state index contributed by atoms with van der Waals surface area (Å²) >= 11 is 0. The molecule has 0 radical (unpaired) electrons. The summed E-state index contributed by atoms with van der Waals surface area (Å²) in [4.78, 5) is 37.6. The normalized spacial score (nSPS) is 12.7. The molecular weight excluding hydrogens is 374 g/mol. The quantitative estimate of drug-likeness (QED) is 0.348. The molecule has 29 heavy (non-hydrogen) atoms. The van der Waals surface area contributed by atoms with E-state index in [2.05, 4.69) is 0 Å². The summed E-state index contributed by atoms with van der Waals surface area (Å²) in [7, 11) is 1.55. The van der Waals surface area contributed by atoms with Crippen LogP contribution in [0.5, 0.6) is 11.5 Å². The van der Waals surface area contributed by atoms with Gasteiger partial charge in [0, 0.05) is 6.54 Å². The number of para-hydroxylation sites is 2. The summed E-state index contributed by atoms with van der Waals surface area (Å²) < 4.78 is 15.9. The predicted molar refractivity (Wildman–Crippen MR) is 105 cm³/mol. The van der Waals surface area contributed by atoms with Gasteiger partial charge < -0.3 is 14.2 Å². The highest BCUT2D eigenvalue weighted by atomic mass is 16.5. The van der Waals surface area contributed by atoms with Crippen molar-refractivity contribution in [3.63, 3.8) is 0 Å². The Morgan fingerprint density at radius 3 is 2.14 bits per heavy atom. The van der Waals surface area contributed by atoms with Crippen LogP contribution in [-0.4, -0.2) is 49.6 Å². The molecule has 0 aromatic heterocycles. The van der Waals surface area contributed by atoms with E-state index in [1.807, 2.05) is 12.1 Å². The molecule has 152 valence electrons. The van der Waals surface area contributed by atoms with Gasteiger partial charge in [0.05, 0.1) is 37.9 Å². The summed E-state index contributed by atoms with van der Waals surface area (Å²) in [5.41, 5.74) is 0.887. The molecule has 2 aromatic carbocycles. The van der Waals surface area contributed by atoms with Crippen LogP contribution < -0.4 is 9.47 Å². The Morgan fingerprint density at radius 2 is 1.48 bits per heavy atom. The Hall–Kier alpha value is -3.35. The number of fused-ring (bicyclic) bond motifs is 1. The van der Waals surface area contributed by atoms with Gasteiger partial charge in [0.15, 0.2) is 11.5 Å². The SMILES string of the molecule is COc1ccccc1OCCC(=O)OCCCCN1C(=O)c2ccccc2C1=O. The number of esters is 1. The molecule has 1 aliphatic rings. The van der Waals surface area contributed by atoms with Crippen LogP contribution in [0, 0.1) is 0 Å². The van der Waals surface area contributed by atoms with Gasteiger partial charge in [-0.2, -0.15) is 0 Å². The minimum absolute atomic E-state index is 0.121. The minimum atomic E-state index is -0.361. The molecule has 0 spiro atoms. The van der Waals surface area contributed by atoms with Gasteiger partial charge in [-0.05, 0) is 37.1 Å². The van der Waals surface area contributed by atoms with E-state index >= 15 is 0 Å². The third-order valence-electron chi connectivity index (χ3n) is 4.55. The summed E-state index contributed by atoms with van der Waals surface area (Å²) in [6, 6.07) is 14.0. The molecule has 1 heterocycles. The van der Waals surface area contributed by atoms with Gasteiger partial charge >= 0.3 is 5.97 Å². The number of carbonyl (C=O) groups is 3. The number of hydrogen-bond acceptors (Lipinski definition) is 6. The van der Waals surface area contributed by atoms with Gasteiger partial charge in [0.2, 0.25) is 0 Å². The maximum Gasteiger partial charge on any atom is 0.309 e. The van der Waals surface area contributed by atoms with Crippen molar-refractivity contribution in [3.05, 3.63) is 59.7 Å². The Balaban J connectivity index is 1.31. The largest absolute Gasteiger partial charge is 0.493 e. The molecule has 0 saturated carbocycles. The number of carbonyl (C=O) groups excluding carboxylic acids is 3. The third kappa shape index (κ3) is 4.93. The van der Waals surface area contributed by atoms with Gasteiger partial charge in [0.25, 0.3) is 11.8 Å². The van der Waals surface area contributed by atoms with E-state index in [0.29, 0.717) is 42.0 Å². The molecule has 0 fully saturated rings. The van der Waals surface area contributed by atoms with Crippen LogP contribution in [0.4, 0.5) is 0 Å². The molecular formula is C22H23NO6. The first-order chi connectivity index (χ1) is 14.1. The monoisotopic (exact) mass is 397 g/mol. The lowest BCUT2D eigenvalue weighted by Gasteiger charge is -2.13. The molecule has 0 unspecified atom stereocenters. The van der Waals surface area contributed by atoms with Crippen molar-refractivity contribution < 1.29 is 28.6 Å². The van der Waals surface area contributed by atoms with Crippen molar-refractivity contribution in [3.8, 4) is 11.5 Å². The molecule has 0 bridgehead atoms. The van der Waals surface area contributed by atoms with Crippen LogP contribution >= 0.6 is 0 Å². The van der Waals surface area contributed by atoms with Crippen molar-refractivity contribution in [1.29, 1.82) is 0 Å². The highest BCUT2D eigenvalue weighted by molar-refractivity contribution is 6.21. The maximum absolute atomic E-state index is 12.3. The number of methoxy groups -OCH3 is 1. The van der Waals surface area contributed by atoms with Crippen molar-refractivity contribution in [1.82, 2.24) is 4.90 Å². The number of imide groups is 1. The zero-order valence-electron chi connectivity index (χ0n) is 16.3. The molecule has 7 heteroatoms. The van der Waals surface area contributed by atoms with E-state index in [1.165, 1.54) is 4.90 Å². The van der Waals surface area contributed by atoms with Crippen LogP contribution in [-0.2, 0) is 9.53 Å². The first-order valence-corrected chi connectivity index (χ1v) is 9.48. The Morgan fingerprint density at radius 1 is 0.862 bits per heavy atom. The zero-order chi connectivity index (χ0) is 20.6. The Bertz CT molecular complexity index is 859. The molecule has 0 N–H and O–H groups in total. The van der Waals surface area contributed by atoms with Crippen molar-refractivity contribution in [2.75, 3.05) is 26.9 Å². The van der Waals surface area contributed by atoms with Gasteiger partial charge in [-0.3, -0.25) is 19.3 Å². The van der Waals surface area contributed by atoms with Crippen LogP contribution in [0.2, 0.25) is 0 Å². The van der Waals surface area contributed by atoms with Crippen LogP contribution in [0.1, 0.15) is 40.0 Å². The van der Waals surface area contributed by atoms with Gasteiger partial charge in [0.1, 0.15) is 0 Å². The molecule has 0 saturated heterocycles. The van der Waals surface area contributed by atoms with Crippen LogP contribution in [0.25, 0.3) is 0 Å². The molecule has 1 aliphatic heterocycles. The third-order valence-corrected chi connectivity index (χ3v) is 4.55. The highest BCUT2D eigenvalue weighted by Crippen LogP contribution is 2.26. The molecule has 2 amide bonds. The predicted octanol–water partition coefficient (Wildman–Crippen LogP) is 3.08. The second kappa shape index (κ2) is 9.73. The lowest BCUT2D eigenvalue weighted by atomic mass is 10.1. The lowest BCUT2D eigenvalue weighted by Crippen LogP contribution is -2.30. The number of hydrogen-bond donors (Lipinski definition) is 0. The minimum Gasteiger partial charge on any atom is -0.493 e. The molecule has 0 atom stereocenters. The number of rotatable bonds is 10. The fraction of sp³-hybridized carbons (Fsp3) is 0.318. The first-order valence-electron chi connectivity index (χ1n) is 9.48. The van der Waals surface area contributed by atoms with Crippen molar-refractivity contribution in [2.45, 2.75) is 19.3 Å². The number of ether oxygens (including phenoxy) is 3. The summed E-state index contributed by atoms with van der Waals surface area (Å²) in [6.07, 6.45) is 1.25. The standard InChI is InChI=1S/C22H23NO6/c1-27-18-10-4-5-11-19(18)28-15-12-20(24)29-14-7-6-13-23-21(25)16-8-2-3-9-17(16)22(23)26/h2-5,8-11H,6-7,12-15H2,1H3. The first kappa shape index (κ1) is 20.4. The summed E-state index contributed by atoms with van der Waals surface area (Å²) in [5.74, 6) is 0.283. The van der Waals surface area contributed by atoms with E-state index in [4.69, 9.17) is 14.2 Å². The second-order valence-electron chi connectivity index (χ2n) is 6.48. The average Bonchev–Trinajstić information content (AvgIpc) is 2.99. The smallest absolute Gasteiger partial charge is 0.309 e. The fourth-order valence-corrected chi connectivity index (χ4v) is 3.05. The van der Waals surface area contributed by atoms with Crippen LogP contribution in [0.15, 0.2) is 48.5 Å². The Labute approximate surface area is 169 Å². The molecule has 2 aromatic rings. The van der Waals surface area contributed by atoms with Crippen molar-refractivity contribution >= 4 is 17.8 Å². The van der Waals surface area contributed by atoms with E-state index in [-0.39, 0.29) is 37.4 Å². The van der Waals surface area contributed by atoms with E-state index < -0.39 is 0 Å². The van der Waals surface area contributed by atoms with E-state index in [9.17, 15) is 14.4 Å². The van der Waals surface area contributed by atoms with Gasteiger partial charge in [-0.1, -0.05) is 24.3 Å². The lowest BCUT2D eigenvalue weighted by molar-refractivity contribution is -0.144. The average molecular weight is 397 g/mol. The zero-order valence-corrected chi connectivity index (χ0v) is 16.3. The second-order valence-corrected chi connectivity index (χ2v) is 6.48. The topological polar surface area (TPSA) is 82.1 Å². The van der Waals surface area contributed by atoms with E-state index in [1.54, 1.807) is 43.5 Å². The van der Waals surface area contributed by atoms with E-state index in [0.717, 1.165) is 0 Å². The van der Waals surface area contributed by atoms with Crippen LogP contribution in [0.3, 0.4) is 0 Å². The maximum atomic E-state index is 12.3. The number of benzene rings is 2. The number of nitrogens with zero attached hydrogens (tertiary/aromatic N) is 1. The number of unbranched alkanes of at least 4 members (excludes halogenated alkanes) is 1.